The predicted molar refractivity (Wildman–Crippen MR) is 73.7 cm³/mol. The highest BCUT2D eigenvalue weighted by atomic mass is 79.9. The van der Waals surface area contributed by atoms with Gasteiger partial charge in [-0.1, -0.05) is 15.9 Å². The van der Waals surface area contributed by atoms with E-state index in [1.54, 1.807) is 17.5 Å². The molecular formula is C9H7Br3N2S. The molecule has 0 radical (unpaired) electrons. The molecule has 0 spiro atoms. The molecule has 0 saturated heterocycles. The highest BCUT2D eigenvalue weighted by Gasteiger charge is 2.15. The van der Waals surface area contributed by atoms with Crippen molar-refractivity contribution >= 4 is 59.1 Å². The Hall–Kier alpha value is 0.350. The minimum atomic E-state index is 0.278. The number of thiophene rings is 1. The van der Waals surface area contributed by atoms with E-state index < -0.39 is 0 Å². The monoisotopic (exact) mass is 412 g/mol. The molecule has 2 aromatic heterocycles. The van der Waals surface area contributed by atoms with Crippen LogP contribution in [0.3, 0.4) is 0 Å². The van der Waals surface area contributed by atoms with Crippen molar-refractivity contribution in [3.8, 4) is 0 Å². The second kappa shape index (κ2) is 5.12. The van der Waals surface area contributed by atoms with Gasteiger partial charge in [0.15, 0.2) is 0 Å². The van der Waals surface area contributed by atoms with Crippen molar-refractivity contribution in [1.82, 2.24) is 9.97 Å². The Morgan fingerprint density at radius 2 is 2.27 bits per heavy atom. The van der Waals surface area contributed by atoms with Crippen LogP contribution < -0.4 is 0 Å². The Bertz CT molecular complexity index is 438. The Labute approximate surface area is 117 Å². The molecule has 0 aliphatic carbocycles. The van der Waals surface area contributed by atoms with Gasteiger partial charge in [0.1, 0.15) is 5.82 Å². The van der Waals surface area contributed by atoms with E-state index in [2.05, 4.69) is 63.8 Å². The maximum absolute atomic E-state index is 4.21. The van der Waals surface area contributed by atoms with Crippen molar-refractivity contribution in [3.63, 3.8) is 0 Å². The zero-order valence-corrected chi connectivity index (χ0v) is 13.1. The smallest absolute Gasteiger partial charge is 0.107 e. The average molecular weight is 415 g/mol. The van der Waals surface area contributed by atoms with Gasteiger partial charge in [-0.2, -0.15) is 0 Å². The quantitative estimate of drug-likeness (QED) is 0.726. The number of imidazole rings is 1. The van der Waals surface area contributed by atoms with E-state index in [-0.39, 0.29) is 4.83 Å². The second-order valence-electron chi connectivity index (χ2n) is 2.99. The number of nitrogens with zero attached hydrogens (tertiary/aromatic N) is 1. The Kier molecular flexibility index (Phi) is 4.04. The van der Waals surface area contributed by atoms with Gasteiger partial charge >= 0.3 is 0 Å². The summed E-state index contributed by atoms with van der Waals surface area (Å²) >= 11 is 12.4. The van der Waals surface area contributed by atoms with Gasteiger partial charge in [-0.25, -0.2) is 4.98 Å². The van der Waals surface area contributed by atoms with Crippen molar-refractivity contribution in [1.29, 1.82) is 0 Å². The molecule has 2 aromatic rings. The summed E-state index contributed by atoms with van der Waals surface area (Å²) in [4.78, 5) is 7.59. The number of H-pyrrole nitrogens is 1. The number of rotatable bonds is 3. The number of alkyl halides is 1. The number of nitrogens with one attached hydrogen (secondary N) is 1. The summed E-state index contributed by atoms with van der Waals surface area (Å²) in [5.74, 6) is 0.992. The molecule has 80 valence electrons. The van der Waals surface area contributed by atoms with Gasteiger partial charge in [-0.15, -0.1) is 11.3 Å². The summed E-state index contributed by atoms with van der Waals surface area (Å²) in [5, 5.41) is 0. The molecule has 1 unspecified atom stereocenters. The van der Waals surface area contributed by atoms with Gasteiger partial charge in [-0.05, 0) is 43.5 Å². The van der Waals surface area contributed by atoms with Gasteiger partial charge in [0.2, 0.25) is 0 Å². The fourth-order valence-corrected chi connectivity index (χ4v) is 5.36. The summed E-state index contributed by atoms with van der Waals surface area (Å²) in [5.41, 5.74) is 1.25. The molecule has 0 amide bonds. The maximum Gasteiger partial charge on any atom is 0.107 e. The first kappa shape index (κ1) is 11.8. The number of halogens is 3. The summed E-state index contributed by atoms with van der Waals surface area (Å²) < 4.78 is 2.29. The first-order valence-corrected chi connectivity index (χ1v) is 7.55. The zero-order valence-electron chi connectivity index (χ0n) is 7.51. The van der Waals surface area contributed by atoms with Crippen molar-refractivity contribution < 1.29 is 0 Å². The van der Waals surface area contributed by atoms with Crippen LogP contribution in [-0.4, -0.2) is 9.97 Å². The van der Waals surface area contributed by atoms with Gasteiger partial charge in [0, 0.05) is 23.6 Å². The Balaban J connectivity index is 2.14. The third-order valence-electron chi connectivity index (χ3n) is 1.95. The third kappa shape index (κ3) is 2.93. The maximum atomic E-state index is 4.21. The van der Waals surface area contributed by atoms with Gasteiger partial charge in [0.05, 0.1) is 7.57 Å². The highest BCUT2D eigenvalue weighted by Crippen LogP contribution is 2.39. The van der Waals surface area contributed by atoms with Crippen molar-refractivity contribution in [3.05, 3.63) is 37.4 Å². The molecule has 0 aliphatic heterocycles. The van der Waals surface area contributed by atoms with E-state index in [9.17, 15) is 0 Å². The van der Waals surface area contributed by atoms with Crippen LogP contribution in [-0.2, 0) is 6.42 Å². The lowest BCUT2D eigenvalue weighted by Crippen LogP contribution is -1.96. The first-order valence-electron chi connectivity index (χ1n) is 4.24. The molecule has 2 rings (SSSR count). The lowest BCUT2D eigenvalue weighted by molar-refractivity contribution is 0.877. The molecule has 1 atom stereocenters. The average Bonchev–Trinajstić information content (AvgIpc) is 2.75. The molecule has 1 N–H and O–H groups in total. The molecule has 0 fully saturated rings. The lowest BCUT2D eigenvalue weighted by Gasteiger charge is -2.06. The molecule has 2 nitrogen and oxygen atoms in total. The molecule has 2 heterocycles. The molecule has 0 saturated carbocycles. The van der Waals surface area contributed by atoms with Gasteiger partial charge in [-0.3, -0.25) is 0 Å². The minimum absolute atomic E-state index is 0.278. The van der Waals surface area contributed by atoms with E-state index >= 15 is 0 Å². The van der Waals surface area contributed by atoms with Crippen LogP contribution in [0.1, 0.15) is 16.2 Å². The molecule has 6 heteroatoms. The Morgan fingerprint density at radius 3 is 2.80 bits per heavy atom. The predicted octanol–water partition coefficient (Wildman–Crippen LogP) is 4.67. The topological polar surface area (TPSA) is 28.7 Å². The van der Waals surface area contributed by atoms with Crippen LogP contribution in [0, 0.1) is 0 Å². The van der Waals surface area contributed by atoms with Crippen LogP contribution in [0.25, 0.3) is 0 Å². The standard InChI is InChI=1S/C9H7Br3N2S/c10-6(4-8-13-1-2-14-8)5-3-7(11)15-9(5)12/h1-3,6H,4H2,(H,13,14). The number of aromatic nitrogens is 2. The number of hydrogen-bond donors (Lipinski definition) is 1. The van der Waals surface area contributed by atoms with E-state index in [4.69, 9.17) is 0 Å². The summed E-state index contributed by atoms with van der Waals surface area (Å²) in [6.07, 6.45) is 4.47. The molecule has 0 aliphatic rings. The van der Waals surface area contributed by atoms with Crippen molar-refractivity contribution in [2.45, 2.75) is 11.2 Å². The van der Waals surface area contributed by atoms with Crippen molar-refractivity contribution in [2.24, 2.45) is 0 Å². The molecule has 0 bridgehead atoms. The minimum Gasteiger partial charge on any atom is -0.349 e. The molecule has 0 aromatic carbocycles. The number of hydrogen-bond acceptors (Lipinski definition) is 2. The summed E-state index contributed by atoms with van der Waals surface area (Å²) in [7, 11) is 0. The van der Waals surface area contributed by atoms with Gasteiger partial charge < -0.3 is 4.98 Å². The second-order valence-corrected chi connectivity index (χ2v) is 7.84. The van der Waals surface area contributed by atoms with E-state index in [1.807, 2.05) is 6.20 Å². The Morgan fingerprint density at radius 1 is 1.47 bits per heavy atom. The first-order chi connectivity index (χ1) is 7.16. The van der Waals surface area contributed by atoms with Crippen molar-refractivity contribution in [2.75, 3.05) is 0 Å². The highest BCUT2D eigenvalue weighted by molar-refractivity contribution is 9.12. The normalized spacial score (nSPS) is 13.0. The molecular weight excluding hydrogens is 408 g/mol. The SMILES string of the molecule is Brc1cc(C(Br)Cc2ncc[nH]2)c(Br)s1. The largest absolute Gasteiger partial charge is 0.349 e. The van der Waals surface area contributed by atoms with Crippen LogP contribution >= 0.6 is 59.1 Å². The van der Waals surface area contributed by atoms with Crippen LogP contribution in [0.4, 0.5) is 0 Å². The van der Waals surface area contributed by atoms with Gasteiger partial charge in [0.25, 0.3) is 0 Å². The van der Waals surface area contributed by atoms with E-state index in [0.29, 0.717) is 0 Å². The molecule has 15 heavy (non-hydrogen) atoms. The van der Waals surface area contributed by atoms with Crippen LogP contribution in [0.15, 0.2) is 26.0 Å². The fourth-order valence-electron chi connectivity index (χ4n) is 1.26. The fraction of sp³-hybridized carbons (Fsp3) is 0.222. The lowest BCUT2D eigenvalue weighted by atomic mass is 10.2. The van der Waals surface area contributed by atoms with Crippen LogP contribution in [0.2, 0.25) is 0 Å². The van der Waals surface area contributed by atoms with Crippen LogP contribution in [0.5, 0.6) is 0 Å². The third-order valence-corrected chi connectivity index (χ3v) is 5.15. The zero-order chi connectivity index (χ0) is 10.8. The number of aromatic amines is 1. The van der Waals surface area contributed by atoms with E-state index in [0.717, 1.165) is 19.8 Å². The van der Waals surface area contributed by atoms with E-state index in [1.165, 1.54) is 5.56 Å². The summed E-state index contributed by atoms with van der Waals surface area (Å²) in [6.45, 7) is 0. The summed E-state index contributed by atoms with van der Waals surface area (Å²) in [6, 6.07) is 2.12.